The molecule has 0 saturated carbocycles. The molecule has 0 aliphatic heterocycles. The van der Waals surface area contributed by atoms with Crippen LogP contribution in [0.4, 0.5) is 0 Å². The number of carbonyl (C=O) groups is 1. The molecule has 0 aliphatic carbocycles. The van der Waals surface area contributed by atoms with E-state index < -0.39 is 10.0 Å². The summed E-state index contributed by atoms with van der Waals surface area (Å²) in [6, 6.07) is 14.2. The van der Waals surface area contributed by atoms with Crippen LogP contribution in [-0.4, -0.2) is 41.1 Å². The first kappa shape index (κ1) is 20.1. The highest BCUT2D eigenvalue weighted by atomic mass is 32.2. The molecule has 0 aliphatic rings. The number of hydrogen-bond donors (Lipinski definition) is 2. The number of hydrogen-bond acceptors (Lipinski definition) is 4. The number of nitrogens with one attached hydrogen (secondary N) is 2. The Hall–Kier alpha value is -2.22. The summed E-state index contributed by atoms with van der Waals surface area (Å²) in [6.45, 7) is 2.81. The third-order valence-corrected chi connectivity index (χ3v) is 5.36. The summed E-state index contributed by atoms with van der Waals surface area (Å²) in [5.41, 5.74) is 2.10. The Morgan fingerprint density at radius 3 is 2.50 bits per heavy atom. The summed E-state index contributed by atoms with van der Waals surface area (Å²) < 4.78 is 32.5. The van der Waals surface area contributed by atoms with Crippen molar-refractivity contribution in [2.24, 2.45) is 0 Å². The Labute approximate surface area is 154 Å². The number of ether oxygens (including phenoxy) is 1. The van der Waals surface area contributed by atoms with Crippen LogP contribution in [0.5, 0.6) is 0 Å². The van der Waals surface area contributed by atoms with Crippen molar-refractivity contribution in [1.29, 1.82) is 0 Å². The molecule has 2 rings (SSSR count). The molecule has 0 fully saturated rings. The van der Waals surface area contributed by atoms with Crippen molar-refractivity contribution in [2.45, 2.75) is 18.2 Å². The molecule has 0 spiro atoms. The Bertz CT molecular complexity index is 836. The van der Waals surface area contributed by atoms with Crippen molar-refractivity contribution >= 4 is 15.9 Å². The van der Waals surface area contributed by atoms with Gasteiger partial charge < -0.3 is 10.1 Å². The van der Waals surface area contributed by atoms with Gasteiger partial charge >= 0.3 is 0 Å². The van der Waals surface area contributed by atoms with Gasteiger partial charge in [-0.05, 0) is 36.6 Å². The van der Waals surface area contributed by atoms with Crippen molar-refractivity contribution < 1.29 is 17.9 Å². The Kier molecular flexibility index (Phi) is 7.32. The molecule has 1 amide bonds. The zero-order chi connectivity index (χ0) is 19.0. The average Bonchev–Trinajstić information content (AvgIpc) is 2.62. The smallest absolute Gasteiger partial charge is 0.251 e. The average molecular weight is 376 g/mol. The van der Waals surface area contributed by atoms with E-state index in [0.29, 0.717) is 30.7 Å². The topological polar surface area (TPSA) is 84.5 Å². The minimum atomic E-state index is -3.68. The van der Waals surface area contributed by atoms with Gasteiger partial charge in [0.2, 0.25) is 10.0 Å². The third-order valence-electron chi connectivity index (χ3n) is 3.90. The normalized spacial score (nSPS) is 11.3. The zero-order valence-corrected chi connectivity index (χ0v) is 15.8. The number of aryl methyl sites for hydroxylation is 1. The van der Waals surface area contributed by atoms with Crippen molar-refractivity contribution in [3.8, 4) is 0 Å². The van der Waals surface area contributed by atoms with Crippen LogP contribution < -0.4 is 10.0 Å². The van der Waals surface area contributed by atoms with Crippen LogP contribution in [0.2, 0.25) is 0 Å². The molecular weight excluding hydrogens is 352 g/mol. The van der Waals surface area contributed by atoms with E-state index in [-0.39, 0.29) is 17.3 Å². The highest BCUT2D eigenvalue weighted by Crippen LogP contribution is 2.16. The van der Waals surface area contributed by atoms with Crippen molar-refractivity contribution in [3.05, 3.63) is 65.2 Å². The lowest BCUT2D eigenvalue weighted by Crippen LogP contribution is -2.29. The molecule has 0 saturated heterocycles. The Morgan fingerprint density at radius 2 is 1.81 bits per heavy atom. The molecule has 26 heavy (non-hydrogen) atoms. The van der Waals surface area contributed by atoms with Gasteiger partial charge in [0.05, 0.1) is 11.5 Å². The number of amides is 1. The quantitative estimate of drug-likeness (QED) is 0.655. The molecule has 0 atom stereocenters. The van der Waals surface area contributed by atoms with Gasteiger partial charge in [0.25, 0.3) is 5.91 Å². The minimum absolute atomic E-state index is 0.0769. The number of sulfonamides is 1. The molecule has 0 radical (unpaired) electrons. The number of rotatable bonds is 9. The SMILES string of the molecule is COCCNC(=O)c1cc(S(=O)(=O)NCCc2ccccc2)ccc1C. The van der Waals surface area contributed by atoms with Crippen LogP contribution in [0.25, 0.3) is 0 Å². The molecule has 6 nitrogen and oxygen atoms in total. The van der Waals surface area contributed by atoms with Crippen molar-refractivity contribution in [2.75, 3.05) is 26.8 Å². The molecule has 0 heterocycles. The van der Waals surface area contributed by atoms with E-state index in [4.69, 9.17) is 4.74 Å². The van der Waals surface area contributed by atoms with Crippen LogP contribution in [0.15, 0.2) is 53.4 Å². The van der Waals surface area contributed by atoms with Crippen LogP contribution in [0, 0.1) is 6.92 Å². The van der Waals surface area contributed by atoms with Crippen LogP contribution >= 0.6 is 0 Å². The van der Waals surface area contributed by atoms with Gasteiger partial charge in [-0.2, -0.15) is 0 Å². The Morgan fingerprint density at radius 1 is 1.08 bits per heavy atom. The number of methoxy groups -OCH3 is 1. The van der Waals surface area contributed by atoms with E-state index in [1.807, 2.05) is 30.3 Å². The van der Waals surface area contributed by atoms with E-state index >= 15 is 0 Å². The highest BCUT2D eigenvalue weighted by Gasteiger charge is 2.17. The molecule has 140 valence electrons. The second kappa shape index (κ2) is 9.47. The fraction of sp³-hybridized carbons (Fsp3) is 0.316. The summed E-state index contributed by atoms with van der Waals surface area (Å²) in [6.07, 6.45) is 0.594. The molecule has 2 N–H and O–H groups in total. The first-order valence-corrected chi connectivity index (χ1v) is 9.84. The monoisotopic (exact) mass is 376 g/mol. The van der Waals surface area contributed by atoms with Crippen molar-refractivity contribution in [1.82, 2.24) is 10.0 Å². The van der Waals surface area contributed by atoms with Crippen LogP contribution in [0.1, 0.15) is 21.5 Å². The van der Waals surface area contributed by atoms with Gasteiger partial charge in [0.1, 0.15) is 0 Å². The molecule has 0 unspecified atom stereocenters. The van der Waals surface area contributed by atoms with Gasteiger partial charge in [0, 0.05) is 25.8 Å². The van der Waals surface area contributed by atoms with Gasteiger partial charge in [-0.1, -0.05) is 36.4 Å². The third kappa shape index (κ3) is 5.66. The maximum atomic E-state index is 12.5. The maximum Gasteiger partial charge on any atom is 0.251 e. The fourth-order valence-electron chi connectivity index (χ4n) is 2.43. The molecule has 7 heteroatoms. The van der Waals surface area contributed by atoms with E-state index in [9.17, 15) is 13.2 Å². The molecule has 2 aromatic rings. The van der Waals surface area contributed by atoms with Crippen LogP contribution in [0.3, 0.4) is 0 Å². The van der Waals surface area contributed by atoms with E-state index in [0.717, 1.165) is 5.56 Å². The van der Waals surface area contributed by atoms with Gasteiger partial charge in [-0.3, -0.25) is 4.79 Å². The molecule has 2 aromatic carbocycles. The number of carbonyl (C=O) groups excluding carboxylic acids is 1. The Balaban J connectivity index is 2.06. The fourth-order valence-corrected chi connectivity index (χ4v) is 3.49. The van der Waals surface area contributed by atoms with Gasteiger partial charge in [-0.25, -0.2) is 13.1 Å². The lowest BCUT2D eigenvalue weighted by Gasteiger charge is -2.11. The lowest BCUT2D eigenvalue weighted by atomic mass is 10.1. The zero-order valence-electron chi connectivity index (χ0n) is 15.0. The first-order valence-electron chi connectivity index (χ1n) is 8.35. The van der Waals surface area contributed by atoms with Crippen LogP contribution in [-0.2, 0) is 21.2 Å². The summed E-state index contributed by atoms with van der Waals surface area (Å²) >= 11 is 0. The highest BCUT2D eigenvalue weighted by molar-refractivity contribution is 7.89. The van der Waals surface area contributed by atoms with Gasteiger partial charge in [-0.15, -0.1) is 0 Å². The molecule has 0 bridgehead atoms. The van der Waals surface area contributed by atoms with Gasteiger partial charge in [0.15, 0.2) is 0 Å². The molecule has 0 aromatic heterocycles. The predicted octanol–water partition coefficient (Wildman–Crippen LogP) is 1.89. The number of benzene rings is 2. The van der Waals surface area contributed by atoms with E-state index in [1.165, 1.54) is 12.1 Å². The minimum Gasteiger partial charge on any atom is -0.383 e. The predicted molar refractivity (Wildman–Crippen MR) is 101 cm³/mol. The first-order chi connectivity index (χ1) is 12.4. The second-order valence-corrected chi connectivity index (χ2v) is 7.63. The summed E-state index contributed by atoms with van der Waals surface area (Å²) in [5, 5.41) is 2.70. The summed E-state index contributed by atoms with van der Waals surface area (Å²) in [4.78, 5) is 12.3. The largest absolute Gasteiger partial charge is 0.383 e. The second-order valence-electron chi connectivity index (χ2n) is 5.86. The summed E-state index contributed by atoms with van der Waals surface area (Å²) in [7, 11) is -2.14. The standard InChI is InChI=1S/C19H24N2O4S/c1-15-8-9-17(14-18(15)19(22)20-12-13-25-2)26(23,24)21-11-10-16-6-4-3-5-7-16/h3-9,14,21H,10-13H2,1-2H3,(H,20,22). The summed E-state index contributed by atoms with van der Waals surface area (Å²) in [5.74, 6) is -0.319. The van der Waals surface area contributed by atoms with E-state index in [2.05, 4.69) is 10.0 Å². The van der Waals surface area contributed by atoms with E-state index in [1.54, 1.807) is 20.1 Å². The lowest BCUT2D eigenvalue weighted by molar-refractivity contribution is 0.0936. The van der Waals surface area contributed by atoms with Crippen molar-refractivity contribution in [3.63, 3.8) is 0 Å². The molecular formula is C19H24N2O4S. The maximum absolute atomic E-state index is 12.5.